The van der Waals surface area contributed by atoms with Crippen LogP contribution in [0.25, 0.3) is 22.5 Å². The molecule has 0 amide bonds. The van der Waals surface area contributed by atoms with E-state index in [1.165, 1.54) is 0 Å². The van der Waals surface area contributed by atoms with Crippen LogP contribution >= 0.6 is 0 Å². The van der Waals surface area contributed by atoms with E-state index in [4.69, 9.17) is 0 Å². The first-order valence-electron chi connectivity index (χ1n) is 8.17. The zero-order chi connectivity index (χ0) is 20.9. The molecule has 0 bridgehead atoms. The smallest absolute Gasteiger partial charge is 0.618 e. The van der Waals surface area contributed by atoms with E-state index < -0.39 is 23.5 Å². The quantitative estimate of drug-likeness (QED) is 0.233. The van der Waals surface area contributed by atoms with Crippen LogP contribution in [0.3, 0.4) is 0 Å². The van der Waals surface area contributed by atoms with Gasteiger partial charge in [-0.2, -0.15) is 18.7 Å². The average Bonchev–Trinajstić information content (AvgIpc) is 3.21. The van der Waals surface area contributed by atoms with Crippen LogP contribution in [0.1, 0.15) is 5.69 Å². The summed E-state index contributed by atoms with van der Waals surface area (Å²) in [5.41, 5.74) is 0.343. The SMILES string of the molecule is FC(F)(F)c1cc(-c2[c-]cccc2)[n-]n1.Fc1c[c-]c(-c2ccccn2)c(F)c1.[Ir+3]. The molecule has 0 aliphatic heterocycles. The summed E-state index contributed by atoms with van der Waals surface area (Å²) in [5.74, 6) is -1.29. The largest absolute Gasteiger partial charge is 3.00 e. The molecule has 0 radical (unpaired) electrons. The third-order valence-corrected chi connectivity index (χ3v) is 3.59. The van der Waals surface area contributed by atoms with Gasteiger partial charge >= 0.3 is 26.3 Å². The van der Waals surface area contributed by atoms with Crippen LogP contribution in [0.2, 0.25) is 0 Å². The summed E-state index contributed by atoms with van der Waals surface area (Å²) < 4.78 is 62.4. The summed E-state index contributed by atoms with van der Waals surface area (Å²) in [6.45, 7) is 0. The minimum atomic E-state index is -4.44. The minimum Gasteiger partial charge on any atom is -0.618 e. The minimum absolute atomic E-state index is 0. The van der Waals surface area contributed by atoms with Crippen molar-refractivity contribution in [2.24, 2.45) is 0 Å². The third kappa shape index (κ3) is 6.05. The Balaban J connectivity index is 0.000000207. The number of pyridine rings is 1. The number of benzene rings is 2. The molecule has 0 fully saturated rings. The van der Waals surface area contributed by atoms with E-state index in [0.29, 0.717) is 11.3 Å². The molecule has 0 saturated carbocycles. The fraction of sp³-hybridized carbons (Fsp3) is 0.0476. The summed E-state index contributed by atoms with van der Waals surface area (Å²) in [4.78, 5) is 3.95. The van der Waals surface area contributed by atoms with E-state index in [1.807, 2.05) is 0 Å². The first-order valence-corrected chi connectivity index (χ1v) is 8.17. The van der Waals surface area contributed by atoms with Crippen molar-refractivity contribution in [3.05, 3.63) is 96.3 Å². The van der Waals surface area contributed by atoms with Crippen LogP contribution in [-0.2, 0) is 26.3 Å². The predicted octanol–water partition coefficient (Wildman–Crippen LogP) is 5.35. The summed E-state index contributed by atoms with van der Waals surface area (Å²) in [7, 11) is 0. The van der Waals surface area contributed by atoms with Gasteiger partial charge in [0.25, 0.3) is 0 Å². The first-order chi connectivity index (χ1) is 13.8. The van der Waals surface area contributed by atoms with Crippen molar-refractivity contribution in [2.75, 3.05) is 0 Å². The summed E-state index contributed by atoms with van der Waals surface area (Å²) in [6.07, 6.45) is -2.90. The fourth-order valence-corrected chi connectivity index (χ4v) is 2.27. The number of aromatic nitrogens is 3. The molecule has 4 aromatic rings. The van der Waals surface area contributed by atoms with Gasteiger partial charge in [-0.1, -0.05) is 29.8 Å². The Morgan fingerprint density at radius 2 is 1.70 bits per heavy atom. The second-order valence-electron chi connectivity index (χ2n) is 5.64. The van der Waals surface area contributed by atoms with Crippen molar-refractivity contribution in [3.63, 3.8) is 0 Å². The standard InChI is InChI=1S/C11H6F2N.C10H5F3N2.Ir/c12-8-4-5-9(10(13)7-8)11-3-1-2-6-14-11;11-10(12,13)9-6-8(14-15-9)7-4-2-1-3-5-7;/h1-4,6-7H;1-4,6H;/q-1;-2;+3. The van der Waals surface area contributed by atoms with Crippen molar-refractivity contribution in [1.29, 1.82) is 0 Å². The van der Waals surface area contributed by atoms with Gasteiger partial charge in [0, 0.05) is 17.8 Å². The molecular weight excluding hydrogens is 581 g/mol. The van der Waals surface area contributed by atoms with Crippen LogP contribution in [0.5, 0.6) is 0 Å². The molecule has 0 aliphatic carbocycles. The first kappa shape index (κ1) is 23.4. The zero-order valence-electron chi connectivity index (χ0n) is 14.9. The molecule has 0 spiro atoms. The monoisotopic (exact) mass is 593 g/mol. The maximum atomic E-state index is 13.2. The molecule has 0 N–H and O–H groups in total. The van der Waals surface area contributed by atoms with Crippen LogP contribution in [-0.4, -0.2) is 10.1 Å². The molecule has 0 saturated heterocycles. The van der Waals surface area contributed by atoms with Crippen molar-refractivity contribution in [2.45, 2.75) is 6.18 Å². The van der Waals surface area contributed by atoms with Crippen molar-refractivity contribution >= 4 is 0 Å². The number of halogens is 5. The maximum absolute atomic E-state index is 13.2. The molecule has 2 aromatic heterocycles. The number of alkyl halides is 3. The Morgan fingerprint density at radius 3 is 2.27 bits per heavy atom. The van der Waals surface area contributed by atoms with E-state index in [0.717, 1.165) is 18.2 Å². The predicted molar refractivity (Wildman–Crippen MR) is 95.3 cm³/mol. The van der Waals surface area contributed by atoms with Gasteiger partial charge in [0.1, 0.15) is 5.69 Å². The summed E-state index contributed by atoms with van der Waals surface area (Å²) >= 11 is 0. The Bertz CT molecular complexity index is 1070. The second-order valence-corrected chi connectivity index (χ2v) is 5.64. The van der Waals surface area contributed by atoms with Crippen molar-refractivity contribution < 1.29 is 42.1 Å². The number of hydrogen-bond donors (Lipinski definition) is 0. The molecule has 30 heavy (non-hydrogen) atoms. The van der Waals surface area contributed by atoms with E-state index in [-0.39, 0.29) is 31.4 Å². The molecule has 154 valence electrons. The van der Waals surface area contributed by atoms with Gasteiger partial charge in [-0.05, 0) is 11.8 Å². The molecular formula is C21H11F5IrN3. The molecule has 2 heterocycles. The molecule has 9 heteroatoms. The molecule has 0 atom stereocenters. The third-order valence-electron chi connectivity index (χ3n) is 3.59. The maximum Gasteiger partial charge on any atom is 3.00 e. The van der Waals surface area contributed by atoms with Gasteiger partial charge in [-0.25, -0.2) is 5.69 Å². The molecule has 2 aromatic carbocycles. The average molecular weight is 593 g/mol. The van der Waals surface area contributed by atoms with Gasteiger partial charge in [0.05, 0.1) is 0 Å². The normalized spacial score (nSPS) is 10.6. The molecule has 0 aliphatic rings. The van der Waals surface area contributed by atoms with E-state index in [2.05, 4.69) is 27.3 Å². The van der Waals surface area contributed by atoms with Crippen LogP contribution in [0, 0.1) is 23.8 Å². The van der Waals surface area contributed by atoms with Gasteiger partial charge in [0.15, 0.2) is 0 Å². The summed E-state index contributed by atoms with van der Waals surface area (Å²) in [5, 5.41) is 6.52. The number of hydrogen-bond acceptors (Lipinski definition) is 2. The number of nitrogens with zero attached hydrogens (tertiary/aromatic N) is 3. The second kappa shape index (κ2) is 10.2. The van der Waals surface area contributed by atoms with E-state index in [9.17, 15) is 22.0 Å². The fourth-order valence-electron chi connectivity index (χ4n) is 2.27. The Kier molecular flexibility index (Phi) is 7.97. The molecule has 0 unspecified atom stereocenters. The topological polar surface area (TPSA) is 39.9 Å². The van der Waals surface area contributed by atoms with Gasteiger partial charge in [0.2, 0.25) is 0 Å². The van der Waals surface area contributed by atoms with Crippen LogP contribution in [0.15, 0.2) is 66.9 Å². The van der Waals surface area contributed by atoms with Crippen LogP contribution in [0.4, 0.5) is 22.0 Å². The zero-order valence-corrected chi connectivity index (χ0v) is 17.3. The van der Waals surface area contributed by atoms with Crippen LogP contribution < -0.4 is 5.10 Å². The Labute approximate surface area is 182 Å². The Hall–Kier alpha value is -2.90. The van der Waals surface area contributed by atoms with E-state index >= 15 is 0 Å². The van der Waals surface area contributed by atoms with Gasteiger partial charge < -0.3 is 15.2 Å². The van der Waals surface area contributed by atoms with Gasteiger partial charge in [-0.3, -0.25) is 8.78 Å². The Morgan fingerprint density at radius 1 is 0.933 bits per heavy atom. The molecule has 4 rings (SSSR count). The van der Waals surface area contributed by atoms with Crippen molar-refractivity contribution in [1.82, 2.24) is 15.2 Å². The number of rotatable bonds is 2. The summed E-state index contributed by atoms with van der Waals surface area (Å²) in [6, 6.07) is 19.9. The van der Waals surface area contributed by atoms with Gasteiger partial charge in [-0.15, -0.1) is 42.5 Å². The van der Waals surface area contributed by atoms with E-state index in [1.54, 1.807) is 48.7 Å². The van der Waals surface area contributed by atoms with Crippen molar-refractivity contribution in [3.8, 4) is 22.5 Å². The molecule has 3 nitrogen and oxygen atoms in total.